The van der Waals surface area contributed by atoms with Crippen LogP contribution >= 0.6 is 0 Å². The quantitative estimate of drug-likeness (QED) is 0.920. The number of benzene rings is 1. The van der Waals surface area contributed by atoms with Gasteiger partial charge < -0.3 is 5.32 Å². The van der Waals surface area contributed by atoms with Crippen LogP contribution in [0.25, 0.3) is 0 Å². The predicted octanol–water partition coefficient (Wildman–Crippen LogP) is 3.12. The summed E-state index contributed by atoms with van der Waals surface area (Å²) in [6, 6.07) is 4.07. The lowest BCUT2D eigenvalue weighted by atomic mass is 10.1. The number of likely N-dealkylation sites (tertiary alicyclic amines) is 1. The zero-order valence-corrected chi connectivity index (χ0v) is 11.6. The summed E-state index contributed by atoms with van der Waals surface area (Å²) in [6.07, 6.45) is 3.63. The van der Waals surface area contributed by atoms with E-state index in [1.165, 1.54) is 19.3 Å². The number of nitrogens with one attached hydrogen (secondary N) is 1. The van der Waals surface area contributed by atoms with Crippen molar-refractivity contribution in [1.29, 1.82) is 5.26 Å². The predicted molar refractivity (Wildman–Crippen MR) is 74.4 cm³/mol. The average Bonchev–Trinajstić information content (AvgIpc) is 2.46. The lowest BCUT2D eigenvalue weighted by Crippen LogP contribution is -2.41. The van der Waals surface area contributed by atoms with Crippen LogP contribution in [0.15, 0.2) is 12.1 Å². The Morgan fingerprint density at radius 1 is 1.25 bits per heavy atom. The van der Waals surface area contributed by atoms with Crippen molar-refractivity contribution in [2.75, 3.05) is 25.0 Å². The number of hydrogen-bond donors (Lipinski definition) is 1. The lowest BCUT2D eigenvalue weighted by Gasteiger charge is -2.32. The molecule has 1 aliphatic heterocycles. The van der Waals surface area contributed by atoms with E-state index in [9.17, 15) is 8.78 Å². The van der Waals surface area contributed by atoms with Gasteiger partial charge in [-0.2, -0.15) is 5.26 Å². The van der Waals surface area contributed by atoms with Crippen molar-refractivity contribution in [2.45, 2.75) is 32.2 Å². The molecule has 0 aliphatic carbocycles. The van der Waals surface area contributed by atoms with Gasteiger partial charge in [0.1, 0.15) is 5.69 Å². The number of hydrogen-bond acceptors (Lipinski definition) is 3. The number of nitriles is 1. The molecule has 0 spiro atoms. The highest BCUT2D eigenvalue weighted by atomic mass is 19.1. The Morgan fingerprint density at radius 2 is 1.85 bits per heavy atom. The third-order valence-corrected chi connectivity index (χ3v) is 3.76. The normalized spacial score (nSPS) is 17.5. The van der Waals surface area contributed by atoms with Gasteiger partial charge in [0.2, 0.25) is 0 Å². The van der Waals surface area contributed by atoms with Crippen molar-refractivity contribution < 1.29 is 8.78 Å². The minimum atomic E-state index is -0.715. The maximum Gasteiger partial charge on any atom is 0.150 e. The van der Waals surface area contributed by atoms with Gasteiger partial charge in [0.25, 0.3) is 0 Å². The number of piperidine rings is 1. The van der Waals surface area contributed by atoms with E-state index < -0.39 is 11.6 Å². The van der Waals surface area contributed by atoms with E-state index in [2.05, 4.69) is 17.1 Å². The SMILES string of the molecule is CC(CNc1c(F)cc(C#N)cc1F)N1CCCCC1. The summed E-state index contributed by atoms with van der Waals surface area (Å²) in [5.74, 6) is -1.43. The Balaban J connectivity index is 1.98. The van der Waals surface area contributed by atoms with Crippen molar-refractivity contribution >= 4 is 5.69 Å². The summed E-state index contributed by atoms with van der Waals surface area (Å²) in [5, 5.41) is 11.5. The van der Waals surface area contributed by atoms with Crippen LogP contribution in [0.4, 0.5) is 14.5 Å². The van der Waals surface area contributed by atoms with E-state index in [-0.39, 0.29) is 17.3 Å². The maximum atomic E-state index is 13.7. The molecule has 3 nitrogen and oxygen atoms in total. The molecule has 1 aliphatic rings. The zero-order chi connectivity index (χ0) is 14.5. The van der Waals surface area contributed by atoms with Crippen LogP contribution in [0.1, 0.15) is 31.7 Å². The molecule has 1 aromatic rings. The molecule has 108 valence electrons. The van der Waals surface area contributed by atoms with E-state index in [0.29, 0.717) is 6.54 Å². The molecule has 1 atom stereocenters. The van der Waals surface area contributed by atoms with Crippen LogP contribution in [-0.4, -0.2) is 30.6 Å². The van der Waals surface area contributed by atoms with E-state index >= 15 is 0 Å². The highest BCUT2D eigenvalue weighted by Gasteiger charge is 2.18. The second-order valence-electron chi connectivity index (χ2n) is 5.25. The first kappa shape index (κ1) is 14.7. The second-order valence-corrected chi connectivity index (χ2v) is 5.25. The zero-order valence-electron chi connectivity index (χ0n) is 11.6. The van der Waals surface area contributed by atoms with Gasteiger partial charge in [0, 0.05) is 12.6 Å². The van der Waals surface area contributed by atoms with Crippen LogP contribution < -0.4 is 5.32 Å². The molecule has 1 fully saturated rings. The standard InChI is InChI=1S/C15H19F2N3/c1-11(20-5-3-2-4-6-20)10-19-15-13(16)7-12(9-18)8-14(15)17/h7-8,11,19H,2-6,10H2,1H3. The van der Waals surface area contributed by atoms with E-state index in [1.807, 2.05) is 0 Å². The molecule has 0 bridgehead atoms. The molecule has 20 heavy (non-hydrogen) atoms. The van der Waals surface area contributed by atoms with Crippen LogP contribution in [0.2, 0.25) is 0 Å². The average molecular weight is 279 g/mol. The molecule has 1 N–H and O–H groups in total. The summed E-state index contributed by atoms with van der Waals surface area (Å²) in [6.45, 7) is 4.62. The fraction of sp³-hybridized carbons (Fsp3) is 0.533. The highest BCUT2D eigenvalue weighted by molar-refractivity contribution is 5.50. The number of halogens is 2. The minimum absolute atomic E-state index is 0.00497. The van der Waals surface area contributed by atoms with Gasteiger partial charge in [-0.3, -0.25) is 4.90 Å². The third-order valence-electron chi connectivity index (χ3n) is 3.76. The smallest absolute Gasteiger partial charge is 0.150 e. The van der Waals surface area contributed by atoms with Crippen molar-refractivity contribution in [3.63, 3.8) is 0 Å². The molecule has 1 aromatic carbocycles. The first-order chi connectivity index (χ1) is 9.61. The van der Waals surface area contributed by atoms with Gasteiger partial charge in [-0.1, -0.05) is 6.42 Å². The van der Waals surface area contributed by atoms with Gasteiger partial charge in [-0.25, -0.2) is 8.78 Å². The van der Waals surface area contributed by atoms with Crippen molar-refractivity contribution in [2.24, 2.45) is 0 Å². The molecule has 1 heterocycles. The summed E-state index contributed by atoms with van der Waals surface area (Å²) >= 11 is 0. The van der Waals surface area contributed by atoms with Gasteiger partial charge in [0.05, 0.1) is 11.6 Å². The first-order valence-corrected chi connectivity index (χ1v) is 6.99. The Hall–Kier alpha value is -1.67. The van der Waals surface area contributed by atoms with Crippen molar-refractivity contribution in [1.82, 2.24) is 4.90 Å². The molecule has 0 aromatic heterocycles. The minimum Gasteiger partial charge on any atom is -0.379 e. The Bertz CT molecular complexity index is 481. The Labute approximate surface area is 118 Å². The van der Waals surface area contributed by atoms with Crippen LogP contribution in [0, 0.1) is 23.0 Å². The highest BCUT2D eigenvalue weighted by Crippen LogP contribution is 2.21. The number of rotatable bonds is 4. The summed E-state index contributed by atoms with van der Waals surface area (Å²) < 4.78 is 27.4. The van der Waals surface area contributed by atoms with Crippen LogP contribution in [-0.2, 0) is 0 Å². The third kappa shape index (κ3) is 3.45. The molecule has 2 rings (SSSR count). The molecule has 0 radical (unpaired) electrons. The maximum absolute atomic E-state index is 13.7. The first-order valence-electron chi connectivity index (χ1n) is 6.99. The summed E-state index contributed by atoms with van der Waals surface area (Å²) in [4.78, 5) is 2.33. The Kier molecular flexibility index (Phi) is 4.91. The van der Waals surface area contributed by atoms with E-state index in [1.54, 1.807) is 6.07 Å². The molecule has 0 amide bonds. The van der Waals surface area contributed by atoms with Gasteiger partial charge >= 0.3 is 0 Å². The largest absolute Gasteiger partial charge is 0.379 e. The molecule has 0 saturated carbocycles. The molecule has 1 unspecified atom stereocenters. The van der Waals surface area contributed by atoms with E-state index in [0.717, 1.165) is 25.2 Å². The monoisotopic (exact) mass is 279 g/mol. The van der Waals surface area contributed by atoms with Gasteiger partial charge in [0.15, 0.2) is 11.6 Å². The van der Waals surface area contributed by atoms with Crippen molar-refractivity contribution in [3.8, 4) is 6.07 Å². The molecule has 5 heteroatoms. The molecular weight excluding hydrogens is 260 g/mol. The summed E-state index contributed by atoms with van der Waals surface area (Å²) in [5.41, 5.74) is -0.150. The van der Waals surface area contributed by atoms with Crippen LogP contribution in [0.5, 0.6) is 0 Å². The second kappa shape index (κ2) is 6.67. The fourth-order valence-corrected chi connectivity index (χ4v) is 2.54. The topological polar surface area (TPSA) is 39.1 Å². The van der Waals surface area contributed by atoms with Gasteiger partial charge in [-0.15, -0.1) is 0 Å². The number of anilines is 1. The summed E-state index contributed by atoms with van der Waals surface area (Å²) in [7, 11) is 0. The molecular formula is C15H19F2N3. The lowest BCUT2D eigenvalue weighted by molar-refractivity contribution is 0.180. The van der Waals surface area contributed by atoms with Crippen molar-refractivity contribution in [3.05, 3.63) is 29.3 Å². The number of nitrogens with zero attached hydrogens (tertiary/aromatic N) is 2. The fourth-order valence-electron chi connectivity index (χ4n) is 2.54. The van der Waals surface area contributed by atoms with Gasteiger partial charge in [-0.05, 0) is 45.0 Å². The van der Waals surface area contributed by atoms with E-state index in [4.69, 9.17) is 5.26 Å². The Morgan fingerprint density at radius 3 is 2.40 bits per heavy atom. The van der Waals surface area contributed by atoms with Crippen LogP contribution in [0.3, 0.4) is 0 Å². The molecule has 1 saturated heterocycles.